The van der Waals surface area contributed by atoms with Gasteiger partial charge >= 0.3 is 5.97 Å². The summed E-state index contributed by atoms with van der Waals surface area (Å²) in [6.07, 6.45) is 0.154. The van der Waals surface area contributed by atoms with Gasteiger partial charge in [-0.3, -0.25) is 9.59 Å². The highest BCUT2D eigenvalue weighted by molar-refractivity contribution is 5.94. The maximum absolute atomic E-state index is 12.8. The summed E-state index contributed by atoms with van der Waals surface area (Å²) in [4.78, 5) is 26.0. The molecular formula is C22H27NO5. The van der Waals surface area contributed by atoms with Crippen molar-refractivity contribution in [3.05, 3.63) is 65.7 Å². The number of methoxy groups -OCH3 is 1. The largest absolute Gasteiger partial charge is 0.489 e. The van der Waals surface area contributed by atoms with E-state index in [1.54, 1.807) is 43.2 Å². The number of carbonyl (C=O) groups excluding carboxylic acids is 2. The van der Waals surface area contributed by atoms with Gasteiger partial charge in [0.2, 0.25) is 0 Å². The second-order valence-electron chi connectivity index (χ2n) is 6.14. The Morgan fingerprint density at radius 2 is 1.68 bits per heavy atom. The van der Waals surface area contributed by atoms with Crippen molar-refractivity contribution < 1.29 is 23.8 Å². The number of hydrogen-bond acceptors (Lipinski definition) is 5. The van der Waals surface area contributed by atoms with Crippen molar-refractivity contribution in [3.63, 3.8) is 0 Å². The molecule has 0 atom stereocenters. The molecule has 2 rings (SSSR count). The fourth-order valence-electron chi connectivity index (χ4n) is 2.59. The molecular weight excluding hydrogens is 358 g/mol. The molecule has 0 spiro atoms. The lowest BCUT2D eigenvalue weighted by Gasteiger charge is -2.22. The fraction of sp³-hybridized carbons (Fsp3) is 0.364. The lowest BCUT2D eigenvalue weighted by molar-refractivity contribution is -0.143. The maximum atomic E-state index is 12.8. The van der Waals surface area contributed by atoms with E-state index in [-0.39, 0.29) is 24.8 Å². The van der Waals surface area contributed by atoms with Crippen LogP contribution in [0.2, 0.25) is 0 Å². The summed E-state index contributed by atoms with van der Waals surface area (Å²) in [6.45, 7) is 3.64. The predicted molar refractivity (Wildman–Crippen MR) is 106 cm³/mol. The van der Waals surface area contributed by atoms with Crippen LogP contribution in [0.5, 0.6) is 5.75 Å². The Balaban J connectivity index is 1.95. The van der Waals surface area contributed by atoms with Crippen LogP contribution in [0.1, 0.15) is 29.3 Å². The first-order valence-corrected chi connectivity index (χ1v) is 9.34. The van der Waals surface area contributed by atoms with Gasteiger partial charge in [0.25, 0.3) is 5.91 Å². The van der Waals surface area contributed by atoms with Crippen LogP contribution >= 0.6 is 0 Å². The Labute approximate surface area is 166 Å². The summed E-state index contributed by atoms with van der Waals surface area (Å²) in [7, 11) is 1.58. The molecule has 0 saturated carbocycles. The van der Waals surface area contributed by atoms with E-state index in [2.05, 4.69) is 0 Å². The van der Waals surface area contributed by atoms with Crippen LogP contribution in [0.25, 0.3) is 0 Å². The standard InChI is InChI=1S/C22H27NO5/c1-3-27-21(24)13-14-23(15-16-26-2)22(25)19-9-11-20(12-10-19)28-17-18-7-5-4-6-8-18/h4-12H,3,13-17H2,1-2H3. The van der Waals surface area contributed by atoms with Crippen molar-refractivity contribution in [1.82, 2.24) is 4.90 Å². The van der Waals surface area contributed by atoms with Crippen molar-refractivity contribution in [1.29, 1.82) is 0 Å². The van der Waals surface area contributed by atoms with Crippen LogP contribution in [0, 0.1) is 0 Å². The van der Waals surface area contributed by atoms with Gasteiger partial charge in [0, 0.05) is 25.8 Å². The topological polar surface area (TPSA) is 65.1 Å². The number of amides is 1. The second kappa shape index (κ2) is 11.8. The van der Waals surface area contributed by atoms with Gasteiger partial charge in [-0.05, 0) is 36.8 Å². The Bertz CT molecular complexity index is 730. The van der Waals surface area contributed by atoms with Gasteiger partial charge in [-0.2, -0.15) is 0 Å². The van der Waals surface area contributed by atoms with Gasteiger partial charge in [-0.1, -0.05) is 30.3 Å². The molecule has 0 heterocycles. The zero-order chi connectivity index (χ0) is 20.2. The van der Waals surface area contributed by atoms with Crippen molar-refractivity contribution in [3.8, 4) is 5.75 Å². The molecule has 0 bridgehead atoms. The molecule has 0 N–H and O–H groups in total. The third kappa shape index (κ3) is 7.04. The van der Waals surface area contributed by atoms with E-state index in [0.29, 0.717) is 37.7 Å². The summed E-state index contributed by atoms with van der Waals surface area (Å²) >= 11 is 0. The number of hydrogen-bond donors (Lipinski definition) is 0. The number of carbonyl (C=O) groups is 2. The third-order valence-electron chi connectivity index (χ3n) is 4.09. The molecule has 0 fully saturated rings. The van der Waals surface area contributed by atoms with E-state index in [0.717, 1.165) is 5.56 Å². The molecule has 28 heavy (non-hydrogen) atoms. The zero-order valence-electron chi connectivity index (χ0n) is 16.4. The second-order valence-corrected chi connectivity index (χ2v) is 6.14. The number of benzene rings is 2. The highest BCUT2D eigenvalue weighted by atomic mass is 16.5. The molecule has 1 amide bonds. The van der Waals surface area contributed by atoms with Gasteiger partial charge in [-0.15, -0.1) is 0 Å². The van der Waals surface area contributed by atoms with Crippen molar-refractivity contribution >= 4 is 11.9 Å². The minimum Gasteiger partial charge on any atom is -0.489 e. The minimum absolute atomic E-state index is 0.154. The summed E-state index contributed by atoms with van der Waals surface area (Å²) in [5.41, 5.74) is 1.61. The van der Waals surface area contributed by atoms with Crippen LogP contribution in [-0.4, -0.2) is 50.2 Å². The summed E-state index contributed by atoms with van der Waals surface area (Å²) < 4.78 is 15.8. The Morgan fingerprint density at radius 1 is 0.964 bits per heavy atom. The van der Waals surface area contributed by atoms with Crippen LogP contribution in [0.3, 0.4) is 0 Å². The van der Waals surface area contributed by atoms with Crippen LogP contribution in [-0.2, 0) is 20.9 Å². The summed E-state index contributed by atoms with van der Waals surface area (Å²) in [5.74, 6) is 0.216. The average molecular weight is 385 g/mol. The molecule has 0 aromatic heterocycles. The van der Waals surface area contributed by atoms with E-state index in [4.69, 9.17) is 14.2 Å². The summed E-state index contributed by atoms with van der Waals surface area (Å²) in [5, 5.41) is 0. The monoisotopic (exact) mass is 385 g/mol. The first kappa shape index (κ1) is 21.4. The van der Waals surface area contributed by atoms with Crippen molar-refractivity contribution in [2.24, 2.45) is 0 Å². The third-order valence-corrected chi connectivity index (χ3v) is 4.09. The smallest absolute Gasteiger partial charge is 0.307 e. The van der Waals surface area contributed by atoms with Gasteiger partial charge < -0.3 is 19.1 Å². The molecule has 150 valence electrons. The minimum atomic E-state index is -0.317. The zero-order valence-corrected chi connectivity index (χ0v) is 16.4. The molecule has 0 unspecified atom stereocenters. The quantitative estimate of drug-likeness (QED) is 0.555. The molecule has 6 heteroatoms. The summed E-state index contributed by atoms with van der Waals surface area (Å²) in [6, 6.07) is 16.9. The molecule has 0 saturated heterocycles. The van der Waals surface area contributed by atoms with Crippen LogP contribution < -0.4 is 4.74 Å². The fourth-order valence-corrected chi connectivity index (χ4v) is 2.59. The highest BCUT2D eigenvalue weighted by Crippen LogP contribution is 2.16. The van der Waals surface area contributed by atoms with E-state index in [9.17, 15) is 9.59 Å². The number of rotatable bonds is 11. The lowest BCUT2D eigenvalue weighted by Crippen LogP contribution is -2.35. The van der Waals surface area contributed by atoms with Crippen LogP contribution in [0.15, 0.2) is 54.6 Å². The van der Waals surface area contributed by atoms with Gasteiger partial charge in [0.1, 0.15) is 12.4 Å². The Kier molecular flexibility index (Phi) is 9.01. The predicted octanol–water partition coefficient (Wildman–Crippen LogP) is 3.31. The van der Waals surface area contributed by atoms with E-state index in [1.165, 1.54) is 0 Å². The molecule has 0 aliphatic heterocycles. The number of esters is 1. The number of nitrogens with zero attached hydrogens (tertiary/aromatic N) is 1. The molecule has 2 aromatic carbocycles. The van der Waals surface area contributed by atoms with Crippen LogP contribution in [0.4, 0.5) is 0 Å². The first-order chi connectivity index (χ1) is 13.6. The van der Waals surface area contributed by atoms with Crippen molar-refractivity contribution in [2.45, 2.75) is 20.0 Å². The number of ether oxygens (including phenoxy) is 3. The first-order valence-electron chi connectivity index (χ1n) is 9.34. The van der Waals surface area contributed by atoms with Gasteiger partial charge in [0.05, 0.1) is 19.6 Å². The SMILES string of the molecule is CCOC(=O)CCN(CCOC)C(=O)c1ccc(OCc2ccccc2)cc1. The van der Waals surface area contributed by atoms with Gasteiger partial charge in [-0.25, -0.2) is 0 Å². The van der Waals surface area contributed by atoms with E-state index >= 15 is 0 Å². The maximum Gasteiger partial charge on any atom is 0.307 e. The van der Waals surface area contributed by atoms with E-state index in [1.807, 2.05) is 30.3 Å². The Hall–Kier alpha value is -2.86. The normalized spacial score (nSPS) is 10.4. The average Bonchev–Trinajstić information content (AvgIpc) is 2.73. The van der Waals surface area contributed by atoms with Crippen molar-refractivity contribution in [2.75, 3.05) is 33.4 Å². The Morgan fingerprint density at radius 3 is 2.32 bits per heavy atom. The van der Waals surface area contributed by atoms with Gasteiger partial charge in [0.15, 0.2) is 0 Å². The lowest BCUT2D eigenvalue weighted by atomic mass is 10.2. The molecule has 0 radical (unpaired) electrons. The molecule has 0 aliphatic rings. The molecule has 6 nitrogen and oxygen atoms in total. The molecule has 2 aromatic rings. The molecule has 0 aliphatic carbocycles. The highest BCUT2D eigenvalue weighted by Gasteiger charge is 2.17. The van der Waals surface area contributed by atoms with E-state index < -0.39 is 0 Å².